The molecule has 1 heterocycles. The second-order valence-electron chi connectivity index (χ2n) is 6.64. The van der Waals surface area contributed by atoms with Crippen molar-refractivity contribution in [2.24, 2.45) is 0 Å². The molecule has 0 saturated heterocycles. The minimum absolute atomic E-state index is 0.767. The first-order valence-corrected chi connectivity index (χ1v) is 9.89. The maximum Gasteiger partial charge on any atom is 0.0822 e. The maximum absolute atomic E-state index is 5.24. The van der Waals surface area contributed by atoms with Gasteiger partial charge in [0.15, 0.2) is 0 Å². The van der Waals surface area contributed by atoms with Crippen LogP contribution in [0.1, 0.15) is 103 Å². The van der Waals surface area contributed by atoms with Crippen LogP contribution in [0.2, 0.25) is 0 Å². The van der Waals surface area contributed by atoms with Crippen LogP contribution >= 0.6 is 0 Å². The summed E-state index contributed by atoms with van der Waals surface area (Å²) in [5, 5.41) is 0. The quantitative estimate of drug-likeness (QED) is 0.364. The Morgan fingerprint density at radius 1 is 0.364 bits per heavy atom. The van der Waals surface area contributed by atoms with Gasteiger partial charge in [-0.05, 0) is 38.5 Å². The predicted molar refractivity (Wildman–Crippen MR) is 94.9 cm³/mol. The summed E-state index contributed by atoms with van der Waals surface area (Å²) in [6, 6.07) is 0. The molecule has 130 valence electrons. The molecule has 0 saturated carbocycles. The van der Waals surface area contributed by atoms with Crippen molar-refractivity contribution in [1.82, 2.24) is 0 Å². The van der Waals surface area contributed by atoms with E-state index in [1.807, 2.05) is 0 Å². The van der Waals surface area contributed by atoms with E-state index in [2.05, 4.69) is 12.2 Å². The number of rotatable bonds is 0. The van der Waals surface area contributed by atoms with Gasteiger partial charge in [-0.15, -0.1) is 0 Å². The van der Waals surface area contributed by atoms with E-state index >= 15 is 0 Å². The molecule has 0 amide bonds. The van der Waals surface area contributed by atoms with Gasteiger partial charge in [0.25, 0.3) is 0 Å². The minimum atomic E-state index is 0.767. The van der Waals surface area contributed by atoms with Crippen LogP contribution in [-0.2, 0) is 9.78 Å². The average Bonchev–Trinajstić information content (AvgIpc) is 2.53. The average molecular weight is 311 g/mol. The highest BCUT2D eigenvalue weighted by Crippen LogP contribution is 2.11. The highest BCUT2D eigenvalue weighted by atomic mass is 17.2. The molecule has 0 aromatic carbocycles. The van der Waals surface area contributed by atoms with Crippen LogP contribution in [0.5, 0.6) is 0 Å². The molecule has 0 atom stereocenters. The second-order valence-corrected chi connectivity index (χ2v) is 6.64. The second kappa shape index (κ2) is 17.0. The van der Waals surface area contributed by atoms with Crippen molar-refractivity contribution in [1.29, 1.82) is 0 Å². The molecular weight excluding hydrogens is 272 g/mol. The molecule has 0 radical (unpaired) electrons. The molecular formula is C20H38O2. The summed E-state index contributed by atoms with van der Waals surface area (Å²) in [6.07, 6.45) is 26.0. The number of hydrogen-bond acceptors (Lipinski definition) is 2. The Kier molecular flexibility index (Phi) is 15.2. The van der Waals surface area contributed by atoms with Crippen LogP contribution in [-0.4, -0.2) is 13.2 Å². The summed E-state index contributed by atoms with van der Waals surface area (Å²) in [5.74, 6) is 0. The van der Waals surface area contributed by atoms with Crippen molar-refractivity contribution in [2.45, 2.75) is 103 Å². The lowest BCUT2D eigenvalue weighted by Crippen LogP contribution is -1.99. The Morgan fingerprint density at radius 2 is 0.682 bits per heavy atom. The van der Waals surface area contributed by atoms with Crippen molar-refractivity contribution >= 4 is 0 Å². The first-order chi connectivity index (χ1) is 11.0. The van der Waals surface area contributed by atoms with Crippen molar-refractivity contribution < 1.29 is 9.78 Å². The zero-order valence-electron chi connectivity index (χ0n) is 14.7. The summed E-state index contributed by atoms with van der Waals surface area (Å²) >= 11 is 0. The van der Waals surface area contributed by atoms with E-state index in [1.165, 1.54) is 89.9 Å². The van der Waals surface area contributed by atoms with Crippen LogP contribution in [0.15, 0.2) is 12.2 Å². The smallest absolute Gasteiger partial charge is 0.0822 e. The largest absolute Gasteiger partial charge is 0.237 e. The van der Waals surface area contributed by atoms with Crippen LogP contribution in [0.25, 0.3) is 0 Å². The highest BCUT2D eigenvalue weighted by molar-refractivity contribution is 4.81. The van der Waals surface area contributed by atoms with Crippen LogP contribution in [0, 0.1) is 0 Å². The fourth-order valence-electron chi connectivity index (χ4n) is 2.97. The van der Waals surface area contributed by atoms with Crippen LogP contribution < -0.4 is 0 Å². The van der Waals surface area contributed by atoms with Crippen molar-refractivity contribution in [3.8, 4) is 0 Å². The third kappa shape index (κ3) is 14.6. The summed E-state index contributed by atoms with van der Waals surface area (Å²) in [7, 11) is 0. The van der Waals surface area contributed by atoms with E-state index in [9.17, 15) is 0 Å². The molecule has 0 spiro atoms. The Balaban J connectivity index is 2.05. The topological polar surface area (TPSA) is 18.5 Å². The molecule has 1 rings (SSSR count). The lowest BCUT2D eigenvalue weighted by Gasteiger charge is -2.05. The third-order valence-corrected chi connectivity index (χ3v) is 4.45. The Bertz CT molecular complexity index is 214. The molecule has 1 aliphatic rings. The lowest BCUT2D eigenvalue weighted by molar-refractivity contribution is -0.295. The minimum Gasteiger partial charge on any atom is -0.237 e. The summed E-state index contributed by atoms with van der Waals surface area (Å²) in [4.78, 5) is 10.5. The molecule has 22 heavy (non-hydrogen) atoms. The van der Waals surface area contributed by atoms with Gasteiger partial charge in [-0.3, -0.25) is 0 Å². The van der Waals surface area contributed by atoms with E-state index in [0.29, 0.717) is 0 Å². The summed E-state index contributed by atoms with van der Waals surface area (Å²) in [6.45, 7) is 1.54. The Morgan fingerprint density at radius 3 is 1.09 bits per heavy atom. The van der Waals surface area contributed by atoms with Crippen molar-refractivity contribution in [3.63, 3.8) is 0 Å². The van der Waals surface area contributed by atoms with Gasteiger partial charge in [0.2, 0.25) is 0 Å². The van der Waals surface area contributed by atoms with Crippen molar-refractivity contribution in [2.75, 3.05) is 13.2 Å². The number of allylic oxidation sites excluding steroid dienone is 2. The van der Waals surface area contributed by atoms with Crippen molar-refractivity contribution in [3.05, 3.63) is 12.2 Å². The van der Waals surface area contributed by atoms with Gasteiger partial charge in [0.1, 0.15) is 0 Å². The predicted octanol–water partition coefficient (Wildman–Crippen LogP) is 6.75. The zero-order valence-corrected chi connectivity index (χ0v) is 14.7. The molecule has 0 aliphatic carbocycles. The van der Waals surface area contributed by atoms with Crippen LogP contribution in [0.3, 0.4) is 0 Å². The molecule has 0 fully saturated rings. The molecule has 0 aromatic heterocycles. The van der Waals surface area contributed by atoms with Gasteiger partial charge in [0.05, 0.1) is 13.2 Å². The molecule has 0 aromatic rings. The van der Waals surface area contributed by atoms with Crippen LogP contribution in [0.4, 0.5) is 0 Å². The summed E-state index contributed by atoms with van der Waals surface area (Å²) in [5.41, 5.74) is 0. The fraction of sp³-hybridized carbons (Fsp3) is 0.900. The molecule has 0 bridgehead atoms. The Hall–Kier alpha value is -0.340. The van der Waals surface area contributed by atoms with Gasteiger partial charge in [-0.1, -0.05) is 76.4 Å². The Labute approximate surface area is 138 Å². The van der Waals surface area contributed by atoms with E-state index in [4.69, 9.17) is 9.78 Å². The first-order valence-electron chi connectivity index (χ1n) is 9.89. The van der Waals surface area contributed by atoms with Gasteiger partial charge in [0, 0.05) is 0 Å². The first kappa shape index (κ1) is 19.7. The maximum atomic E-state index is 5.24. The summed E-state index contributed by atoms with van der Waals surface area (Å²) < 4.78 is 0. The fourth-order valence-corrected chi connectivity index (χ4v) is 2.97. The zero-order chi connectivity index (χ0) is 15.6. The van der Waals surface area contributed by atoms with Gasteiger partial charge < -0.3 is 0 Å². The van der Waals surface area contributed by atoms with Gasteiger partial charge >= 0.3 is 0 Å². The van der Waals surface area contributed by atoms with Gasteiger partial charge in [-0.25, -0.2) is 9.78 Å². The third-order valence-electron chi connectivity index (χ3n) is 4.45. The van der Waals surface area contributed by atoms with E-state index in [1.54, 1.807) is 0 Å². The monoisotopic (exact) mass is 310 g/mol. The molecule has 0 N–H and O–H groups in total. The van der Waals surface area contributed by atoms with E-state index in [0.717, 1.165) is 26.1 Å². The molecule has 1 aliphatic heterocycles. The lowest BCUT2D eigenvalue weighted by atomic mass is 10.1. The molecule has 2 nitrogen and oxygen atoms in total. The standard InChI is InChI=1S/C20H38O2/c1-2-4-6-8-10-12-14-16-18-20-22-21-19-17-15-13-11-9-7-5-3-1/h1,3H,2,4-20H2/b3-1-. The number of hydrogen-bond donors (Lipinski definition) is 0. The molecule has 0 unspecified atom stereocenters. The van der Waals surface area contributed by atoms with Gasteiger partial charge in [-0.2, -0.15) is 0 Å². The SMILES string of the molecule is C1=C\CCCCCCCCOOCCCCCCCCCC/1. The van der Waals surface area contributed by atoms with E-state index in [-0.39, 0.29) is 0 Å². The van der Waals surface area contributed by atoms with E-state index < -0.39 is 0 Å². The highest BCUT2D eigenvalue weighted by Gasteiger charge is 1.95. The normalized spacial score (nSPS) is 24.7. The molecule has 2 heteroatoms.